The van der Waals surface area contributed by atoms with Crippen LogP contribution in [0.3, 0.4) is 0 Å². The third-order valence-electron chi connectivity index (χ3n) is 7.87. The SMILES string of the molecule is COc1ccc2c3c([nH]c2c1)C(CC(CC1=NCCc2c1[nH]c1cc(OC)ccc21)c1cncs1)=NCC3. The smallest absolute Gasteiger partial charge is 0.120 e. The number of hydrogen-bond donors (Lipinski definition) is 2. The predicted molar refractivity (Wildman–Crippen MR) is 154 cm³/mol. The van der Waals surface area contributed by atoms with Gasteiger partial charge in [-0.2, -0.15) is 0 Å². The van der Waals surface area contributed by atoms with Crippen LogP contribution in [0, 0.1) is 0 Å². The number of methoxy groups -OCH3 is 2. The molecule has 7 rings (SSSR count). The highest BCUT2D eigenvalue weighted by molar-refractivity contribution is 7.09. The molecular formula is C30H29N5O2S. The van der Waals surface area contributed by atoms with Crippen molar-refractivity contribution in [3.8, 4) is 11.5 Å². The average molecular weight is 524 g/mol. The molecule has 5 aromatic rings. The number of aliphatic imine (C=N–C) groups is 2. The highest BCUT2D eigenvalue weighted by atomic mass is 32.1. The summed E-state index contributed by atoms with van der Waals surface area (Å²) in [6.07, 6.45) is 5.58. The summed E-state index contributed by atoms with van der Waals surface area (Å²) in [7, 11) is 3.42. The van der Waals surface area contributed by atoms with Crippen molar-refractivity contribution in [3.05, 3.63) is 75.5 Å². The summed E-state index contributed by atoms with van der Waals surface area (Å²) in [6, 6.07) is 12.6. The van der Waals surface area contributed by atoms with Gasteiger partial charge in [0, 0.05) is 64.0 Å². The van der Waals surface area contributed by atoms with E-state index >= 15 is 0 Å². The van der Waals surface area contributed by atoms with Gasteiger partial charge in [-0.15, -0.1) is 11.3 Å². The molecule has 5 heterocycles. The summed E-state index contributed by atoms with van der Waals surface area (Å²) in [5, 5.41) is 2.52. The van der Waals surface area contributed by atoms with Crippen molar-refractivity contribution >= 4 is 44.6 Å². The molecule has 0 bridgehead atoms. The molecule has 2 N–H and O–H groups in total. The van der Waals surface area contributed by atoms with Crippen LogP contribution in [-0.4, -0.2) is 53.7 Å². The van der Waals surface area contributed by atoms with Crippen molar-refractivity contribution in [1.82, 2.24) is 15.0 Å². The number of aromatic amines is 2. The minimum atomic E-state index is 0.235. The first kappa shape index (κ1) is 23.2. The third kappa shape index (κ3) is 3.91. The lowest BCUT2D eigenvalue weighted by Gasteiger charge is -2.22. The number of nitrogens with one attached hydrogen (secondary N) is 2. The first-order valence-corrected chi connectivity index (χ1v) is 13.9. The summed E-state index contributed by atoms with van der Waals surface area (Å²) in [5.41, 5.74) is 11.5. The van der Waals surface area contributed by atoms with Gasteiger partial charge in [0.1, 0.15) is 11.5 Å². The maximum absolute atomic E-state index is 5.46. The molecule has 0 atom stereocenters. The van der Waals surface area contributed by atoms with E-state index in [4.69, 9.17) is 19.5 Å². The standard InChI is InChI=1S/C30H29N5O2S/c1-36-18-3-5-20-22-7-9-32-26(29(22)34-24(20)13-18)11-17(28-15-31-16-38-28)12-27-30-23(8-10-33-27)21-6-4-19(37-2)14-25(21)35-30/h3-6,13-17,34-35H,7-12H2,1-2H3. The summed E-state index contributed by atoms with van der Waals surface area (Å²) in [5.74, 6) is 1.96. The molecular weight excluding hydrogens is 494 g/mol. The Morgan fingerprint density at radius 2 is 1.37 bits per heavy atom. The topological polar surface area (TPSA) is 87.6 Å². The molecule has 2 aromatic carbocycles. The second kappa shape index (κ2) is 9.44. The van der Waals surface area contributed by atoms with E-state index in [2.05, 4.69) is 39.2 Å². The van der Waals surface area contributed by atoms with Gasteiger partial charge in [0.05, 0.1) is 42.5 Å². The number of hydrogen-bond acceptors (Lipinski definition) is 6. The predicted octanol–water partition coefficient (Wildman–Crippen LogP) is 6.08. The van der Waals surface area contributed by atoms with Crippen molar-refractivity contribution in [2.45, 2.75) is 31.6 Å². The molecule has 38 heavy (non-hydrogen) atoms. The Bertz CT molecular complexity index is 1600. The van der Waals surface area contributed by atoms with Gasteiger partial charge in [-0.05, 0) is 61.1 Å². The van der Waals surface area contributed by atoms with Crippen LogP contribution in [-0.2, 0) is 12.8 Å². The van der Waals surface area contributed by atoms with Crippen molar-refractivity contribution in [2.75, 3.05) is 27.3 Å². The number of rotatable bonds is 7. The minimum Gasteiger partial charge on any atom is -0.497 e. The number of fused-ring (bicyclic) bond motifs is 6. The fraction of sp³-hybridized carbons (Fsp3) is 0.300. The number of nitrogens with zero attached hydrogens (tertiary/aromatic N) is 3. The van der Waals surface area contributed by atoms with Crippen LogP contribution < -0.4 is 9.47 Å². The molecule has 0 amide bonds. The van der Waals surface area contributed by atoms with Crippen LogP contribution in [0.1, 0.15) is 46.2 Å². The van der Waals surface area contributed by atoms with Gasteiger partial charge in [-0.3, -0.25) is 15.0 Å². The Morgan fingerprint density at radius 1 is 0.816 bits per heavy atom. The van der Waals surface area contributed by atoms with E-state index in [9.17, 15) is 0 Å². The Hall–Kier alpha value is -3.91. The van der Waals surface area contributed by atoms with Gasteiger partial charge in [-0.1, -0.05) is 0 Å². The van der Waals surface area contributed by atoms with Gasteiger partial charge in [-0.25, -0.2) is 0 Å². The van der Waals surface area contributed by atoms with Crippen LogP contribution in [0.4, 0.5) is 0 Å². The molecule has 0 radical (unpaired) electrons. The van der Waals surface area contributed by atoms with Crippen LogP contribution in [0.2, 0.25) is 0 Å². The molecule has 8 heteroatoms. The zero-order chi connectivity index (χ0) is 25.6. The fourth-order valence-electron chi connectivity index (χ4n) is 6.00. The number of thiazole rings is 1. The maximum Gasteiger partial charge on any atom is 0.120 e. The van der Waals surface area contributed by atoms with Crippen molar-refractivity contribution in [2.24, 2.45) is 9.98 Å². The molecule has 0 unspecified atom stereocenters. The molecule has 192 valence electrons. The monoisotopic (exact) mass is 523 g/mol. The van der Waals surface area contributed by atoms with Gasteiger partial charge >= 0.3 is 0 Å². The summed E-state index contributed by atoms with van der Waals surface area (Å²) in [6.45, 7) is 1.62. The summed E-state index contributed by atoms with van der Waals surface area (Å²) < 4.78 is 10.9. The molecule has 2 aliphatic heterocycles. The van der Waals surface area contributed by atoms with Crippen LogP contribution in [0.15, 0.2) is 58.1 Å². The summed E-state index contributed by atoms with van der Waals surface area (Å²) >= 11 is 1.72. The van der Waals surface area contributed by atoms with Crippen LogP contribution in [0.25, 0.3) is 21.8 Å². The van der Waals surface area contributed by atoms with E-state index in [1.165, 1.54) is 26.8 Å². The lowest BCUT2D eigenvalue weighted by atomic mass is 9.88. The highest BCUT2D eigenvalue weighted by Gasteiger charge is 2.28. The van der Waals surface area contributed by atoms with E-state index in [-0.39, 0.29) is 5.92 Å². The van der Waals surface area contributed by atoms with Crippen molar-refractivity contribution < 1.29 is 9.47 Å². The Kier molecular flexibility index (Phi) is 5.77. The quantitative estimate of drug-likeness (QED) is 0.271. The van der Waals surface area contributed by atoms with Gasteiger partial charge in [0.15, 0.2) is 0 Å². The number of H-pyrrole nitrogens is 2. The lowest BCUT2D eigenvalue weighted by Crippen LogP contribution is -2.20. The van der Waals surface area contributed by atoms with E-state index in [0.29, 0.717) is 0 Å². The Morgan fingerprint density at radius 3 is 1.84 bits per heavy atom. The minimum absolute atomic E-state index is 0.235. The fourth-order valence-corrected chi connectivity index (χ4v) is 6.72. The summed E-state index contributed by atoms with van der Waals surface area (Å²) in [4.78, 5) is 23.1. The van der Waals surface area contributed by atoms with E-state index in [1.54, 1.807) is 25.6 Å². The highest BCUT2D eigenvalue weighted by Crippen LogP contribution is 2.36. The molecule has 7 nitrogen and oxygen atoms in total. The molecule has 0 spiro atoms. The Labute approximate surface area is 224 Å². The number of ether oxygens (including phenoxy) is 2. The second-order valence-corrected chi connectivity index (χ2v) is 10.9. The zero-order valence-electron chi connectivity index (χ0n) is 21.5. The Balaban J connectivity index is 1.23. The lowest BCUT2D eigenvalue weighted by molar-refractivity contribution is 0.415. The van der Waals surface area contributed by atoms with Gasteiger partial charge in [0.25, 0.3) is 0 Å². The van der Waals surface area contributed by atoms with Crippen molar-refractivity contribution in [3.63, 3.8) is 0 Å². The molecule has 0 fully saturated rings. The molecule has 3 aromatic heterocycles. The van der Waals surface area contributed by atoms with Crippen molar-refractivity contribution in [1.29, 1.82) is 0 Å². The average Bonchev–Trinajstić information content (AvgIpc) is 3.70. The molecule has 0 saturated carbocycles. The first-order chi connectivity index (χ1) is 18.7. The maximum atomic E-state index is 5.46. The largest absolute Gasteiger partial charge is 0.497 e. The number of benzene rings is 2. The zero-order valence-corrected chi connectivity index (χ0v) is 22.3. The first-order valence-electron chi connectivity index (χ1n) is 13.0. The number of aromatic nitrogens is 3. The second-order valence-electron chi connectivity index (χ2n) is 9.95. The van der Waals surface area contributed by atoms with Crippen LogP contribution >= 0.6 is 11.3 Å². The van der Waals surface area contributed by atoms with E-state index in [0.717, 1.165) is 84.1 Å². The van der Waals surface area contributed by atoms with E-state index in [1.807, 2.05) is 23.8 Å². The van der Waals surface area contributed by atoms with E-state index < -0.39 is 0 Å². The molecule has 2 aliphatic rings. The molecule has 0 saturated heterocycles. The normalized spacial score (nSPS) is 14.9. The van der Waals surface area contributed by atoms with Gasteiger partial charge < -0.3 is 19.4 Å². The molecule has 0 aliphatic carbocycles. The van der Waals surface area contributed by atoms with Gasteiger partial charge in [0.2, 0.25) is 0 Å². The van der Waals surface area contributed by atoms with Crippen LogP contribution in [0.5, 0.6) is 11.5 Å². The third-order valence-corrected chi connectivity index (χ3v) is 8.80.